The molecule has 4 heteroatoms. The van der Waals surface area contributed by atoms with E-state index in [9.17, 15) is 4.79 Å². The molecule has 2 heterocycles. The van der Waals surface area contributed by atoms with Crippen molar-refractivity contribution in [1.82, 2.24) is 15.1 Å². The summed E-state index contributed by atoms with van der Waals surface area (Å²) in [4.78, 5) is 12.5. The Morgan fingerprint density at radius 3 is 2.76 bits per heavy atom. The van der Waals surface area contributed by atoms with Crippen LogP contribution in [0.15, 0.2) is 12.3 Å². The highest BCUT2D eigenvalue weighted by molar-refractivity contribution is 5.86. The Balaban J connectivity index is 2.07. The molecular formula is C13H21N3O. The summed E-state index contributed by atoms with van der Waals surface area (Å²) in [6, 6.07) is 1.93. The number of nitrogens with one attached hydrogen (secondary N) is 1. The van der Waals surface area contributed by atoms with Crippen molar-refractivity contribution < 1.29 is 4.79 Å². The molecule has 1 aromatic heterocycles. The van der Waals surface area contributed by atoms with Crippen molar-refractivity contribution in [3.05, 3.63) is 18.0 Å². The van der Waals surface area contributed by atoms with Crippen LogP contribution in [0.5, 0.6) is 0 Å². The first kappa shape index (κ1) is 12.3. The number of aromatic nitrogens is 2. The van der Waals surface area contributed by atoms with Crippen LogP contribution in [0.3, 0.4) is 0 Å². The van der Waals surface area contributed by atoms with Gasteiger partial charge in [0.25, 0.3) is 0 Å². The number of carbonyl (C=O) groups is 1. The number of rotatable bonds is 4. The number of carbonyl (C=O) groups excluding carboxylic acids is 1. The maximum atomic E-state index is 12.5. The minimum Gasteiger partial charge on any atom is -0.317 e. The van der Waals surface area contributed by atoms with E-state index < -0.39 is 0 Å². The first-order chi connectivity index (χ1) is 8.16. The minimum absolute atomic E-state index is 0.108. The Morgan fingerprint density at radius 2 is 2.24 bits per heavy atom. The van der Waals surface area contributed by atoms with E-state index >= 15 is 0 Å². The van der Waals surface area contributed by atoms with Gasteiger partial charge in [-0.05, 0) is 38.4 Å². The summed E-state index contributed by atoms with van der Waals surface area (Å²) in [7, 11) is 1.88. The summed E-state index contributed by atoms with van der Waals surface area (Å²) in [6.07, 6.45) is 5.25. The molecule has 1 N–H and O–H groups in total. The normalized spacial score (nSPS) is 19.2. The predicted molar refractivity (Wildman–Crippen MR) is 66.7 cm³/mol. The lowest BCUT2D eigenvalue weighted by molar-refractivity contribution is -0.129. The van der Waals surface area contributed by atoms with Crippen molar-refractivity contribution in [3.8, 4) is 0 Å². The Hall–Kier alpha value is -1.16. The van der Waals surface area contributed by atoms with Gasteiger partial charge < -0.3 is 5.32 Å². The quantitative estimate of drug-likeness (QED) is 0.856. The molecule has 0 bridgehead atoms. The molecule has 17 heavy (non-hydrogen) atoms. The van der Waals surface area contributed by atoms with E-state index in [1.807, 2.05) is 19.3 Å². The van der Waals surface area contributed by atoms with Crippen LogP contribution in [0.25, 0.3) is 0 Å². The highest BCUT2D eigenvalue weighted by Gasteiger charge is 2.37. The first-order valence-corrected chi connectivity index (χ1v) is 6.39. The Labute approximate surface area is 102 Å². The number of Topliss-reactive ketones (excluding diaryl/α,β-unsaturated/α-hetero) is 1. The third-order valence-electron chi connectivity index (χ3n) is 3.94. The molecule has 0 saturated carbocycles. The van der Waals surface area contributed by atoms with Gasteiger partial charge in [-0.15, -0.1) is 0 Å². The van der Waals surface area contributed by atoms with Crippen molar-refractivity contribution in [2.24, 2.45) is 12.5 Å². The minimum atomic E-state index is -0.108. The van der Waals surface area contributed by atoms with Crippen LogP contribution in [0.2, 0.25) is 0 Å². The molecule has 1 saturated heterocycles. The highest BCUT2D eigenvalue weighted by Crippen LogP contribution is 2.34. The van der Waals surface area contributed by atoms with Crippen LogP contribution in [-0.2, 0) is 18.3 Å². The SMILES string of the molecule is CCC1(C(=O)Cc2ccn(C)n2)CCNCC1. The topological polar surface area (TPSA) is 46.9 Å². The Kier molecular flexibility index (Phi) is 3.62. The van der Waals surface area contributed by atoms with Gasteiger partial charge in [0.05, 0.1) is 12.1 Å². The van der Waals surface area contributed by atoms with E-state index in [2.05, 4.69) is 17.3 Å². The number of nitrogens with zero attached hydrogens (tertiary/aromatic N) is 2. The fourth-order valence-corrected chi connectivity index (χ4v) is 2.64. The summed E-state index contributed by atoms with van der Waals surface area (Å²) in [5, 5.41) is 7.62. The third-order valence-corrected chi connectivity index (χ3v) is 3.94. The van der Waals surface area contributed by atoms with Crippen LogP contribution >= 0.6 is 0 Å². The zero-order chi connectivity index (χ0) is 12.3. The molecule has 1 aliphatic rings. The Bertz CT molecular complexity index is 391. The molecule has 4 nitrogen and oxygen atoms in total. The second-order valence-corrected chi connectivity index (χ2v) is 4.96. The summed E-state index contributed by atoms with van der Waals surface area (Å²) in [5.41, 5.74) is 0.784. The van der Waals surface area contributed by atoms with E-state index in [-0.39, 0.29) is 5.41 Å². The van der Waals surface area contributed by atoms with Gasteiger partial charge in [0.1, 0.15) is 5.78 Å². The fourth-order valence-electron chi connectivity index (χ4n) is 2.64. The molecule has 0 spiro atoms. The molecule has 1 aliphatic heterocycles. The van der Waals surface area contributed by atoms with Gasteiger partial charge in [0.2, 0.25) is 0 Å². The van der Waals surface area contributed by atoms with E-state index in [1.54, 1.807) is 4.68 Å². The smallest absolute Gasteiger partial charge is 0.145 e. The lowest BCUT2D eigenvalue weighted by Gasteiger charge is -2.35. The number of hydrogen-bond acceptors (Lipinski definition) is 3. The van der Waals surface area contributed by atoms with Gasteiger partial charge in [0.15, 0.2) is 0 Å². The van der Waals surface area contributed by atoms with E-state index in [0.717, 1.165) is 38.0 Å². The van der Waals surface area contributed by atoms with Crippen LogP contribution in [0.4, 0.5) is 0 Å². The van der Waals surface area contributed by atoms with E-state index in [4.69, 9.17) is 0 Å². The molecule has 0 atom stereocenters. The lowest BCUT2D eigenvalue weighted by Crippen LogP contribution is -2.42. The van der Waals surface area contributed by atoms with Crippen molar-refractivity contribution in [1.29, 1.82) is 0 Å². The number of aryl methyl sites for hydroxylation is 1. The fraction of sp³-hybridized carbons (Fsp3) is 0.692. The third kappa shape index (κ3) is 2.57. The van der Waals surface area contributed by atoms with Crippen molar-refractivity contribution in [2.75, 3.05) is 13.1 Å². The average Bonchev–Trinajstić information content (AvgIpc) is 2.75. The second-order valence-electron chi connectivity index (χ2n) is 4.96. The molecule has 1 aromatic rings. The van der Waals surface area contributed by atoms with Gasteiger partial charge in [-0.3, -0.25) is 9.48 Å². The van der Waals surface area contributed by atoms with Crippen molar-refractivity contribution >= 4 is 5.78 Å². The standard InChI is InChI=1S/C13H21N3O/c1-3-13(5-7-14-8-6-13)12(17)10-11-4-9-16(2)15-11/h4,9,14H,3,5-8,10H2,1-2H3. The van der Waals surface area contributed by atoms with Crippen LogP contribution in [0, 0.1) is 5.41 Å². The van der Waals surface area contributed by atoms with Crippen molar-refractivity contribution in [2.45, 2.75) is 32.6 Å². The maximum Gasteiger partial charge on any atom is 0.145 e. The largest absolute Gasteiger partial charge is 0.317 e. The maximum absolute atomic E-state index is 12.5. The van der Waals surface area contributed by atoms with Crippen LogP contribution in [-0.4, -0.2) is 28.7 Å². The summed E-state index contributed by atoms with van der Waals surface area (Å²) >= 11 is 0. The van der Waals surface area contributed by atoms with Crippen LogP contribution in [0.1, 0.15) is 31.9 Å². The number of hydrogen-bond donors (Lipinski definition) is 1. The van der Waals surface area contributed by atoms with Gasteiger partial charge in [-0.25, -0.2) is 0 Å². The van der Waals surface area contributed by atoms with E-state index in [1.165, 1.54) is 0 Å². The molecular weight excluding hydrogens is 214 g/mol. The first-order valence-electron chi connectivity index (χ1n) is 6.39. The molecule has 0 amide bonds. The second kappa shape index (κ2) is 5.00. The van der Waals surface area contributed by atoms with Gasteiger partial charge in [0, 0.05) is 18.7 Å². The summed E-state index contributed by atoms with van der Waals surface area (Å²) < 4.78 is 1.75. The average molecular weight is 235 g/mol. The van der Waals surface area contributed by atoms with Crippen molar-refractivity contribution in [3.63, 3.8) is 0 Å². The van der Waals surface area contributed by atoms with Gasteiger partial charge in [-0.2, -0.15) is 5.10 Å². The van der Waals surface area contributed by atoms with Gasteiger partial charge in [-0.1, -0.05) is 6.92 Å². The van der Waals surface area contributed by atoms with Crippen LogP contribution < -0.4 is 5.32 Å². The molecule has 2 rings (SSSR count). The lowest BCUT2D eigenvalue weighted by atomic mass is 9.72. The monoisotopic (exact) mass is 235 g/mol. The van der Waals surface area contributed by atoms with Gasteiger partial charge >= 0.3 is 0 Å². The zero-order valence-electron chi connectivity index (χ0n) is 10.7. The summed E-state index contributed by atoms with van der Waals surface area (Å²) in [5.74, 6) is 0.361. The molecule has 1 fully saturated rings. The Morgan fingerprint density at radius 1 is 1.53 bits per heavy atom. The number of ketones is 1. The molecule has 0 unspecified atom stereocenters. The molecule has 0 aliphatic carbocycles. The highest BCUT2D eigenvalue weighted by atomic mass is 16.1. The molecule has 0 radical (unpaired) electrons. The molecule has 94 valence electrons. The predicted octanol–water partition coefficient (Wildman–Crippen LogP) is 1.31. The zero-order valence-corrected chi connectivity index (χ0v) is 10.7. The number of piperidine rings is 1. The summed E-state index contributed by atoms with van der Waals surface area (Å²) in [6.45, 7) is 4.05. The molecule has 0 aromatic carbocycles. The van der Waals surface area contributed by atoms with E-state index in [0.29, 0.717) is 12.2 Å².